The topological polar surface area (TPSA) is 119 Å². The lowest BCUT2D eigenvalue weighted by Gasteiger charge is -2.11. The Kier molecular flexibility index (Phi) is 3.42. The summed E-state index contributed by atoms with van der Waals surface area (Å²) in [4.78, 5) is 11.6. The smallest absolute Gasteiger partial charge is 0.249 e. The average molecular weight is 226 g/mol. The van der Waals surface area contributed by atoms with Crippen LogP contribution in [0.1, 0.15) is 18.7 Å². The number of nitrogens with zero attached hydrogens (tertiary/aromatic N) is 3. The third-order valence-electron chi connectivity index (χ3n) is 2.47. The first-order valence-corrected chi connectivity index (χ1v) is 5.15. The average Bonchev–Trinajstić information content (AvgIpc) is 2.96. The highest BCUT2D eigenvalue weighted by atomic mass is 16.5. The predicted molar refractivity (Wildman–Crippen MR) is 53.0 cm³/mol. The van der Waals surface area contributed by atoms with E-state index in [1.807, 2.05) is 0 Å². The van der Waals surface area contributed by atoms with E-state index in [-0.39, 0.29) is 18.6 Å². The molecular weight excluding hydrogens is 212 g/mol. The van der Waals surface area contributed by atoms with Crippen LogP contribution in [0, 0.1) is 0 Å². The fourth-order valence-corrected chi connectivity index (χ4v) is 1.61. The molecule has 1 aliphatic heterocycles. The molecule has 16 heavy (non-hydrogen) atoms. The van der Waals surface area contributed by atoms with Crippen molar-refractivity contribution in [2.75, 3.05) is 6.54 Å². The lowest BCUT2D eigenvalue weighted by Crippen LogP contribution is -2.35. The van der Waals surface area contributed by atoms with Crippen LogP contribution in [-0.4, -0.2) is 45.3 Å². The molecule has 1 aromatic heterocycles. The van der Waals surface area contributed by atoms with Crippen molar-refractivity contribution in [2.24, 2.45) is 5.73 Å². The SMILES string of the molecule is NCC1CCC(C(=O)NCc2nn[nH]n2)O1. The molecule has 0 spiro atoms. The Bertz CT molecular complexity index is 340. The summed E-state index contributed by atoms with van der Waals surface area (Å²) >= 11 is 0. The van der Waals surface area contributed by atoms with Gasteiger partial charge in [-0.2, -0.15) is 5.21 Å². The number of carbonyl (C=O) groups excluding carboxylic acids is 1. The van der Waals surface area contributed by atoms with Crippen molar-refractivity contribution in [3.63, 3.8) is 0 Å². The van der Waals surface area contributed by atoms with Gasteiger partial charge in [0.05, 0.1) is 12.6 Å². The molecule has 88 valence electrons. The molecule has 1 aromatic rings. The van der Waals surface area contributed by atoms with E-state index in [4.69, 9.17) is 10.5 Å². The summed E-state index contributed by atoms with van der Waals surface area (Å²) in [6.45, 7) is 0.705. The highest BCUT2D eigenvalue weighted by Gasteiger charge is 2.29. The number of aromatic nitrogens is 4. The minimum Gasteiger partial charge on any atom is -0.364 e. The number of H-pyrrole nitrogens is 1. The summed E-state index contributed by atoms with van der Waals surface area (Å²) in [6, 6.07) is 0. The third kappa shape index (κ3) is 2.52. The standard InChI is InChI=1S/C8H14N6O2/c9-3-5-1-2-6(16-5)8(15)10-4-7-11-13-14-12-7/h5-6H,1-4,9H2,(H,10,15)(H,11,12,13,14). The van der Waals surface area contributed by atoms with Gasteiger partial charge >= 0.3 is 0 Å². The molecule has 8 nitrogen and oxygen atoms in total. The van der Waals surface area contributed by atoms with Crippen LogP contribution in [0.2, 0.25) is 0 Å². The number of tetrazole rings is 1. The summed E-state index contributed by atoms with van der Waals surface area (Å²) < 4.78 is 5.44. The van der Waals surface area contributed by atoms with Crippen LogP contribution in [0.25, 0.3) is 0 Å². The lowest BCUT2D eigenvalue weighted by atomic mass is 10.2. The second kappa shape index (κ2) is 4.99. The Labute approximate surface area is 91.9 Å². The Morgan fingerprint density at radius 2 is 2.50 bits per heavy atom. The Morgan fingerprint density at radius 3 is 3.12 bits per heavy atom. The van der Waals surface area contributed by atoms with E-state index in [0.717, 1.165) is 6.42 Å². The molecule has 8 heteroatoms. The highest BCUT2D eigenvalue weighted by molar-refractivity contribution is 5.80. The van der Waals surface area contributed by atoms with Crippen molar-refractivity contribution in [1.82, 2.24) is 25.9 Å². The number of hydrogen-bond donors (Lipinski definition) is 3. The molecule has 1 amide bonds. The number of nitrogens with two attached hydrogens (primary N) is 1. The van der Waals surface area contributed by atoms with Gasteiger partial charge in [0.25, 0.3) is 0 Å². The van der Waals surface area contributed by atoms with Crippen molar-refractivity contribution in [1.29, 1.82) is 0 Å². The van der Waals surface area contributed by atoms with Gasteiger partial charge in [-0.1, -0.05) is 5.21 Å². The van der Waals surface area contributed by atoms with Crippen LogP contribution in [0.4, 0.5) is 0 Å². The maximum atomic E-state index is 11.6. The first-order valence-electron chi connectivity index (χ1n) is 5.15. The largest absolute Gasteiger partial charge is 0.364 e. The van der Waals surface area contributed by atoms with Crippen LogP contribution in [0.15, 0.2) is 0 Å². The number of nitrogens with one attached hydrogen (secondary N) is 2. The summed E-state index contributed by atoms with van der Waals surface area (Å²) in [5.41, 5.74) is 5.46. The third-order valence-corrected chi connectivity index (χ3v) is 2.47. The number of aromatic amines is 1. The van der Waals surface area contributed by atoms with Gasteiger partial charge in [-0.25, -0.2) is 0 Å². The highest BCUT2D eigenvalue weighted by Crippen LogP contribution is 2.18. The molecule has 1 aliphatic rings. The molecule has 2 heterocycles. The van der Waals surface area contributed by atoms with Crippen LogP contribution in [-0.2, 0) is 16.1 Å². The second-order valence-electron chi connectivity index (χ2n) is 3.61. The molecule has 0 aromatic carbocycles. The van der Waals surface area contributed by atoms with Crippen molar-refractivity contribution in [3.05, 3.63) is 5.82 Å². The van der Waals surface area contributed by atoms with Crippen LogP contribution >= 0.6 is 0 Å². The molecular formula is C8H14N6O2. The number of ether oxygens (including phenoxy) is 1. The zero-order valence-corrected chi connectivity index (χ0v) is 8.72. The molecule has 2 unspecified atom stereocenters. The molecule has 2 rings (SSSR count). The quantitative estimate of drug-likeness (QED) is 0.564. The number of rotatable bonds is 4. The fraction of sp³-hybridized carbons (Fsp3) is 0.750. The van der Waals surface area contributed by atoms with E-state index in [0.29, 0.717) is 18.8 Å². The monoisotopic (exact) mass is 226 g/mol. The fourth-order valence-electron chi connectivity index (χ4n) is 1.61. The molecule has 1 fully saturated rings. The first-order chi connectivity index (χ1) is 7.79. The second-order valence-corrected chi connectivity index (χ2v) is 3.61. The lowest BCUT2D eigenvalue weighted by molar-refractivity contribution is -0.132. The van der Waals surface area contributed by atoms with Gasteiger partial charge in [0.15, 0.2) is 5.82 Å². The molecule has 0 aliphatic carbocycles. The van der Waals surface area contributed by atoms with Crippen LogP contribution < -0.4 is 11.1 Å². The van der Waals surface area contributed by atoms with E-state index >= 15 is 0 Å². The Morgan fingerprint density at radius 1 is 1.62 bits per heavy atom. The van der Waals surface area contributed by atoms with Gasteiger partial charge in [0, 0.05) is 6.54 Å². The van der Waals surface area contributed by atoms with Gasteiger partial charge in [0.1, 0.15) is 6.10 Å². The Balaban J connectivity index is 1.76. The summed E-state index contributed by atoms with van der Waals surface area (Å²) in [5.74, 6) is 0.294. The van der Waals surface area contributed by atoms with Gasteiger partial charge in [-0.05, 0) is 12.8 Å². The van der Waals surface area contributed by atoms with Gasteiger partial charge in [-0.3, -0.25) is 4.79 Å². The maximum Gasteiger partial charge on any atom is 0.249 e. The van der Waals surface area contributed by atoms with Gasteiger partial charge in [0.2, 0.25) is 5.91 Å². The van der Waals surface area contributed by atoms with Crippen molar-refractivity contribution < 1.29 is 9.53 Å². The number of carbonyl (C=O) groups is 1. The minimum absolute atomic E-state index is 0.000857. The number of amides is 1. The van der Waals surface area contributed by atoms with Gasteiger partial charge < -0.3 is 15.8 Å². The van der Waals surface area contributed by atoms with Crippen molar-refractivity contribution in [3.8, 4) is 0 Å². The first kappa shape index (κ1) is 11.0. The summed E-state index contributed by atoms with van der Waals surface area (Å²) in [7, 11) is 0. The van der Waals surface area contributed by atoms with Crippen LogP contribution in [0.3, 0.4) is 0 Å². The molecule has 4 N–H and O–H groups in total. The predicted octanol–water partition coefficient (Wildman–Crippen LogP) is -1.68. The molecule has 0 saturated carbocycles. The normalized spacial score (nSPS) is 24.6. The zero-order chi connectivity index (χ0) is 11.4. The van der Waals surface area contributed by atoms with Gasteiger partial charge in [-0.15, -0.1) is 10.2 Å². The minimum atomic E-state index is -0.402. The van der Waals surface area contributed by atoms with E-state index in [1.165, 1.54) is 0 Å². The number of hydrogen-bond acceptors (Lipinski definition) is 6. The molecule has 1 saturated heterocycles. The van der Waals surface area contributed by atoms with E-state index in [9.17, 15) is 4.79 Å². The van der Waals surface area contributed by atoms with E-state index in [2.05, 4.69) is 25.9 Å². The van der Waals surface area contributed by atoms with E-state index in [1.54, 1.807) is 0 Å². The molecule has 0 radical (unpaired) electrons. The maximum absolute atomic E-state index is 11.6. The van der Waals surface area contributed by atoms with Crippen molar-refractivity contribution >= 4 is 5.91 Å². The molecule has 0 bridgehead atoms. The Hall–Kier alpha value is -1.54. The van der Waals surface area contributed by atoms with Crippen LogP contribution in [0.5, 0.6) is 0 Å². The molecule has 2 atom stereocenters. The van der Waals surface area contributed by atoms with E-state index < -0.39 is 6.10 Å². The summed E-state index contributed by atoms with van der Waals surface area (Å²) in [6.07, 6.45) is 1.14. The zero-order valence-electron chi connectivity index (χ0n) is 8.72. The summed E-state index contributed by atoms with van der Waals surface area (Å²) in [5, 5.41) is 15.8. The van der Waals surface area contributed by atoms with Crippen molar-refractivity contribution in [2.45, 2.75) is 31.6 Å².